The van der Waals surface area contributed by atoms with Crippen LogP contribution in [0.2, 0.25) is 0 Å². The molecular weight excluding hydrogens is 463 g/mol. The number of ether oxygens (including phenoxy) is 1. The van der Waals surface area contributed by atoms with E-state index < -0.39 is 12.0 Å². The van der Waals surface area contributed by atoms with Gasteiger partial charge in [-0.25, -0.2) is 9.37 Å². The summed E-state index contributed by atoms with van der Waals surface area (Å²) in [5, 5.41) is 21.3. The molecule has 36 heavy (non-hydrogen) atoms. The maximum atomic E-state index is 13.7. The van der Waals surface area contributed by atoms with Crippen molar-refractivity contribution >= 4 is 33.6 Å². The number of halogens is 1. The highest BCUT2D eigenvalue weighted by molar-refractivity contribution is 6.06. The summed E-state index contributed by atoms with van der Waals surface area (Å²) >= 11 is 0. The van der Waals surface area contributed by atoms with Crippen LogP contribution in [-0.4, -0.2) is 44.3 Å². The van der Waals surface area contributed by atoms with E-state index >= 15 is 0 Å². The van der Waals surface area contributed by atoms with Crippen molar-refractivity contribution in [1.82, 2.24) is 20.5 Å². The molecule has 9 heteroatoms. The van der Waals surface area contributed by atoms with Crippen LogP contribution in [0.3, 0.4) is 0 Å². The second-order valence-corrected chi connectivity index (χ2v) is 9.67. The zero-order valence-electron chi connectivity index (χ0n) is 20.2. The zero-order chi connectivity index (χ0) is 25.6. The van der Waals surface area contributed by atoms with Crippen molar-refractivity contribution in [1.29, 1.82) is 0 Å². The number of carboxylic acids is 1. The van der Waals surface area contributed by atoms with Gasteiger partial charge < -0.3 is 15.2 Å². The number of rotatable bonds is 7. The summed E-state index contributed by atoms with van der Waals surface area (Å²) in [4.78, 5) is 28.3. The number of benzene rings is 2. The van der Waals surface area contributed by atoms with E-state index in [1.54, 1.807) is 18.3 Å². The molecule has 1 saturated carbocycles. The molecule has 5 rings (SSSR count). The topological polar surface area (TPSA) is 117 Å². The number of fused-ring (bicyclic) bond motifs is 2. The highest BCUT2D eigenvalue weighted by Crippen LogP contribution is 2.42. The normalized spacial score (nSPS) is 18.2. The van der Waals surface area contributed by atoms with Crippen LogP contribution in [-0.2, 0) is 9.59 Å². The summed E-state index contributed by atoms with van der Waals surface area (Å²) in [6.45, 7) is 5.54. The number of hydrogen-bond acceptors (Lipinski definition) is 5. The second kappa shape index (κ2) is 9.22. The second-order valence-electron chi connectivity index (χ2n) is 9.67. The largest absolute Gasteiger partial charge is 0.480 e. The van der Waals surface area contributed by atoms with E-state index in [0.29, 0.717) is 18.7 Å². The number of aromatic nitrogens is 3. The van der Waals surface area contributed by atoms with Gasteiger partial charge in [-0.05, 0) is 60.9 Å². The minimum Gasteiger partial charge on any atom is -0.480 e. The van der Waals surface area contributed by atoms with Gasteiger partial charge in [-0.3, -0.25) is 14.7 Å². The lowest BCUT2D eigenvalue weighted by atomic mass is 9.81. The number of pyridine rings is 1. The van der Waals surface area contributed by atoms with E-state index in [9.17, 15) is 14.0 Å². The number of nitrogens with one attached hydrogen (secondary N) is 2. The molecule has 1 atom stereocenters. The fraction of sp³-hybridized carbons (Fsp3) is 0.333. The Balaban J connectivity index is 1.52. The number of nitrogens with zero attached hydrogens (tertiary/aromatic N) is 2. The van der Waals surface area contributed by atoms with Crippen molar-refractivity contribution in [3.63, 3.8) is 0 Å². The van der Waals surface area contributed by atoms with Gasteiger partial charge in [0.15, 0.2) is 0 Å². The summed E-state index contributed by atoms with van der Waals surface area (Å²) in [5.41, 5.74) is 3.45. The summed E-state index contributed by atoms with van der Waals surface area (Å²) in [5.74, 6) is -1.42. The van der Waals surface area contributed by atoms with Crippen LogP contribution in [0.25, 0.3) is 32.8 Å². The molecule has 4 aromatic rings. The number of carboxylic acid groups (broad SMARTS) is 1. The zero-order valence-corrected chi connectivity index (χ0v) is 20.2. The first-order valence-corrected chi connectivity index (χ1v) is 12.0. The van der Waals surface area contributed by atoms with Crippen molar-refractivity contribution in [3.8, 4) is 17.0 Å². The molecule has 3 N–H and O–H groups in total. The fourth-order valence-corrected chi connectivity index (χ4v) is 4.59. The van der Waals surface area contributed by atoms with Crippen molar-refractivity contribution < 1.29 is 23.8 Å². The number of carbonyl (C=O) groups is 2. The Morgan fingerprint density at radius 3 is 2.53 bits per heavy atom. The summed E-state index contributed by atoms with van der Waals surface area (Å²) < 4.78 is 20.0. The number of amides is 1. The first-order valence-electron chi connectivity index (χ1n) is 12.0. The molecular formula is C27H27FN4O4. The first kappa shape index (κ1) is 23.7. The number of hydrogen-bond donors (Lipinski definition) is 3. The van der Waals surface area contributed by atoms with Crippen LogP contribution in [0.4, 0.5) is 4.39 Å². The molecule has 1 unspecified atom stereocenters. The fourth-order valence-electron chi connectivity index (χ4n) is 4.59. The van der Waals surface area contributed by atoms with E-state index in [1.165, 1.54) is 19.1 Å². The third kappa shape index (κ3) is 4.36. The lowest BCUT2D eigenvalue weighted by Gasteiger charge is -2.34. The van der Waals surface area contributed by atoms with Crippen LogP contribution in [0.5, 0.6) is 5.88 Å². The van der Waals surface area contributed by atoms with Crippen molar-refractivity contribution in [3.05, 3.63) is 54.1 Å². The highest BCUT2D eigenvalue weighted by atomic mass is 19.1. The van der Waals surface area contributed by atoms with E-state index in [4.69, 9.17) is 14.8 Å². The Hall–Kier alpha value is -4.01. The van der Waals surface area contributed by atoms with E-state index in [0.717, 1.165) is 38.5 Å². The van der Waals surface area contributed by atoms with E-state index in [2.05, 4.69) is 29.4 Å². The average Bonchev–Trinajstić information content (AvgIpc) is 3.27. The molecule has 0 radical (unpaired) electrons. The van der Waals surface area contributed by atoms with Gasteiger partial charge in [0, 0.05) is 22.3 Å². The van der Waals surface area contributed by atoms with Crippen LogP contribution in [0.1, 0.15) is 45.2 Å². The first-order chi connectivity index (χ1) is 17.2. The standard InChI is InChI=1S/C27H27FN4O4/c1-13(2)24-23(15-4-6-18(28)7-5-15)20-10-17-12-29-32-22(17)11-21(20)26(31-24)36-19-8-16(9-19)25(33)30-14(3)27(34)35/h4-7,10-14,16,19H,8-9H2,1-3H3,(H,29,32)(H,30,33)(H,34,35). The molecule has 1 aliphatic rings. The summed E-state index contributed by atoms with van der Waals surface area (Å²) in [7, 11) is 0. The lowest BCUT2D eigenvalue weighted by molar-refractivity contribution is -0.143. The van der Waals surface area contributed by atoms with Crippen LogP contribution in [0, 0.1) is 11.7 Å². The number of aromatic amines is 1. The molecule has 0 bridgehead atoms. The van der Waals surface area contributed by atoms with Crippen molar-refractivity contribution in [2.24, 2.45) is 5.92 Å². The number of carbonyl (C=O) groups excluding carboxylic acids is 1. The van der Waals surface area contributed by atoms with Crippen LogP contribution in [0.15, 0.2) is 42.6 Å². The Bertz CT molecular complexity index is 1460. The maximum Gasteiger partial charge on any atom is 0.325 e. The quantitative estimate of drug-likeness (QED) is 0.343. The molecule has 2 aromatic heterocycles. The molecule has 1 amide bonds. The third-order valence-corrected chi connectivity index (χ3v) is 6.71. The molecule has 2 aromatic carbocycles. The Morgan fingerprint density at radius 2 is 1.86 bits per heavy atom. The molecule has 0 saturated heterocycles. The van der Waals surface area contributed by atoms with Gasteiger partial charge in [-0.15, -0.1) is 0 Å². The van der Waals surface area contributed by atoms with Gasteiger partial charge in [0.05, 0.1) is 17.4 Å². The Morgan fingerprint density at radius 1 is 1.14 bits per heavy atom. The monoisotopic (exact) mass is 490 g/mol. The molecule has 8 nitrogen and oxygen atoms in total. The minimum absolute atomic E-state index is 0.0641. The van der Waals surface area contributed by atoms with Gasteiger partial charge in [0.1, 0.15) is 18.0 Å². The van der Waals surface area contributed by atoms with Gasteiger partial charge >= 0.3 is 5.97 Å². The van der Waals surface area contributed by atoms with Crippen molar-refractivity contribution in [2.75, 3.05) is 0 Å². The minimum atomic E-state index is -1.07. The molecule has 2 heterocycles. The highest BCUT2D eigenvalue weighted by Gasteiger charge is 2.37. The van der Waals surface area contributed by atoms with Crippen molar-refractivity contribution in [2.45, 2.75) is 51.7 Å². The Labute approximate surface area is 206 Å². The SMILES string of the molecule is CC(NC(=O)C1CC(Oc2nc(C(C)C)c(-c3ccc(F)cc3)c3cc4cn[nH]c4cc23)C1)C(=O)O. The molecule has 1 fully saturated rings. The summed E-state index contributed by atoms with van der Waals surface area (Å²) in [6.07, 6.45) is 2.49. The average molecular weight is 491 g/mol. The third-order valence-electron chi connectivity index (χ3n) is 6.71. The van der Waals surface area contributed by atoms with Gasteiger partial charge in [0.25, 0.3) is 0 Å². The smallest absolute Gasteiger partial charge is 0.325 e. The predicted octanol–water partition coefficient (Wildman–Crippen LogP) is 4.79. The van der Waals surface area contributed by atoms with Gasteiger partial charge in [0.2, 0.25) is 11.8 Å². The van der Waals surface area contributed by atoms with Crippen LogP contribution >= 0.6 is 0 Å². The predicted molar refractivity (Wildman–Crippen MR) is 133 cm³/mol. The van der Waals surface area contributed by atoms with Crippen LogP contribution < -0.4 is 10.1 Å². The molecule has 1 aliphatic carbocycles. The van der Waals surface area contributed by atoms with Gasteiger partial charge in [-0.1, -0.05) is 26.0 Å². The molecule has 186 valence electrons. The maximum absolute atomic E-state index is 13.7. The molecule has 0 spiro atoms. The molecule has 0 aliphatic heterocycles. The Kier molecular flexibility index (Phi) is 6.07. The summed E-state index contributed by atoms with van der Waals surface area (Å²) in [6, 6.07) is 9.45. The number of H-pyrrole nitrogens is 1. The lowest BCUT2D eigenvalue weighted by Crippen LogP contribution is -2.48. The number of aliphatic carboxylic acids is 1. The van der Waals surface area contributed by atoms with Gasteiger partial charge in [-0.2, -0.15) is 5.10 Å². The van der Waals surface area contributed by atoms with E-state index in [-0.39, 0.29) is 29.7 Å². The van der Waals surface area contributed by atoms with E-state index in [1.807, 2.05) is 12.1 Å².